The van der Waals surface area contributed by atoms with Crippen LogP contribution in [-0.4, -0.2) is 18.7 Å². The molecule has 0 aromatic heterocycles. The second kappa shape index (κ2) is 5.66. The summed E-state index contributed by atoms with van der Waals surface area (Å²) >= 11 is 0. The maximum Gasteiger partial charge on any atom is 0.306 e. The fourth-order valence-corrected chi connectivity index (χ4v) is 1.60. The van der Waals surface area contributed by atoms with Crippen LogP contribution in [0.5, 0.6) is 0 Å². The van der Waals surface area contributed by atoms with E-state index >= 15 is 0 Å². The largest absolute Gasteiger partial charge is 0.461 e. The lowest BCUT2D eigenvalue weighted by atomic mass is 10.1. The van der Waals surface area contributed by atoms with Crippen LogP contribution in [0.1, 0.15) is 24.8 Å². The number of esters is 1. The van der Waals surface area contributed by atoms with Gasteiger partial charge in [0, 0.05) is 13.0 Å². The van der Waals surface area contributed by atoms with Gasteiger partial charge in [-0.1, -0.05) is 30.3 Å². The number of hydrogen-bond acceptors (Lipinski definition) is 3. The second-order valence-electron chi connectivity index (χ2n) is 3.97. The molecule has 0 radical (unpaired) electrons. The molecule has 0 bridgehead atoms. The Balaban J connectivity index is 1.63. The van der Waals surface area contributed by atoms with Gasteiger partial charge in [0.25, 0.3) is 0 Å². The van der Waals surface area contributed by atoms with E-state index in [0.29, 0.717) is 13.0 Å². The van der Waals surface area contributed by atoms with E-state index in [1.807, 2.05) is 30.3 Å². The van der Waals surface area contributed by atoms with Gasteiger partial charge in [0.05, 0.1) is 6.10 Å². The average Bonchev–Trinajstić information content (AvgIpc) is 2.26. The van der Waals surface area contributed by atoms with Gasteiger partial charge in [0.15, 0.2) is 0 Å². The van der Waals surface area contributed by atoms with Crippen molar-refractivity contribution in [2.24, 2.45) is 0 Å². The number of carbonyl (C=O) groups excluding carboxylic acids is 1. The molecule has 86 valence electrons. The molecule has 1 atom stereocenters. The van der Waals surface area contributed by atoms with Crippen molar-refractivity contribution in [2.75, 3.05) is 6.61 Å². The fourth-order valence-electron chi connectivity index (χ4n) is 1.60. The molecule has 1 saturated heterocycles. The molecule has 1 aromatic rings. The van der Waals surface area contributed by atoms with Gasteiger partial charge in [-0.05, 0) is 18.4 Å². The monoisotopic (exact) mass is 220 g/mol. The van der Waals surface area contributed by atoms with Gasteiger partial charge in [-0.3, -0.25) is 4.79 Å². The molecule has 1 aromatic carbocycles. The number of rotatable bonds is 5. The van der Waals surface area contributed by atoms with Crippen molar-refractivity contribution in [1.82, 2.24) is 0 Å². The van der Waals surface area contributed by atoms with E-state index in [2.05, 4.69) is 0 Å². The first kappa shape index (κ1) is 11.1. The smallest absolute Gasteiger partial charge is 0.306 e. The lowest BCUT2D eigenvalue weighted by Gasteiger charge is -2.25. The molecule has 1 aliphatic rings. The highest BCUT2D eigenvalue weighted by Crippen LogP contribution is 2.16. The Bertz CT molecular complexity index is 330. The lowest BCUT2D eigenvalue weighted by Crippen LogP contribution is -2.27. The number of ether oxygens (including phenoxy) is 2. The Morgan fingerprint density at radius 3 is 2.75 bits per heavy atom. The molecule has 0 saturated carbocycles. The van der Waals surface area contributed by atoms with Crippen LogP contribution in [0.4, 0.5) is 0 Å². The molecule has 2 rings (SSSR count). The first-order valence-corrected chi connectivity index (χ1v) is 5.66. The van der Waals surface area contributed by atoms with Crippen LogP contribution in [0.15, 0.2) is 30.3 Å². The maximum absolute atomic E-state index is 11.4. The maximum atomic E-state index is 11.4. The highest BCUT2D eigenvalue weighted by Gasteiger charge is 2.19. The molecule has 3 nitrogen and oxygen atoms in total. The first-order chi connectivity index (χ1) is 7.84. The average molecular weight is 220 g/mol. The van der Waals surface area contributed by atoms with Crippen molar-refractivity contribution in [3.05, 3.63) is 35.9 Å². The van der Waals surface area contributed by atoms with Crippen molar-refractivity contribution in [3.8, 4) is 0 Å². The van der Waals surface area contributed by atoms with Crippen LogP contribution in [0.2, 0.25) is 0 Å². The standard InChI is InChI=1S/C13H16O3/c14-13(7-6-12-8-9-15-12)16-10-11-4-2-1-3-5-11/h1-5,12H,6-10H2/t12-/m1/s1. The van der Waals surface area contributed by atoms with Gasteiger partial charge in [0.1, 0.15) is 6.61 Å². The zero-order valence-corrected chi connectivity index (χ0v) is 9.22. The summed E-state index contributed by atoms with van der Waals surface area (Å²) in [6.45, 7) is 1.20. The Morgan fingerprint density at radius 1 is 1.38 bits per heavy atom. The normalized spacial score (nSPS) is 18.9. The van der Waals surface area contributed by atoms with Crippen molar-refractivity contribution in [3.63, 3.8) is 0 Å². The molecule has 0 aliphatic carbocycles. The highest BCUT2D eigenvalue weighted by molar-refractivity contribution is 5.69. The topological polar surface area (TPSA) is 35.5 Å². The Labute approximate surface area is 95.4 Å². The zero-order valence-electron chi connectivity index (χ0n) is 9.22. The van der Waals surface area contributed by atoms with Crippen LogP contribution in [0.25, 0.3) is 0 Å². The van der Waals surface area contributed by atoms with Gasteiger partial charge in [-0.25, -0.2) is 0 Å². The third kappa shape index (κ3) is 3.35. The third-order valence-electron chi connectivity index (χ3n) is 2.71. The minimum Gasteiger partial charge on any atom is -0.461 e. The summed E-state index contributed by atoms with van der Waals surface area (Å²) < 4.78 is 10.4. The minimum atomic E-state index is -0.139. The minimum absolute atomic E-state index is 0.139. The highest BCUT2D eigenvalue weighted by atomic mass is 16.5. The SMILES string of the molecule is O=C(CC[C@@H]1CCO1)OCc1ccccc1. The Morgan fingerprint density at radius 2 is 2.12 bits per heavy atom. The van der Waals surface area contributed by atoms with Crippen LogP contribution in [0.3, 0.4) is 0 Å². The number of benzene rings is 1. The van der Waals surface area contributed by atoms with E-state index in [1.54, 1.807) is 0 Å². The molecule has 0 amide bonds. The summed E-state index contributed by atoms with van der Waals surface area (Å²) in [4.78, 5) is 11.4. The molecule has 3 heteroatoms. The van der Waals surface area contributed by atoms with E-state index < -0.39 is 0 Å². The molecule has 16 heavy (non-hydrogen) atoms. The quantitative estimate of drug-likeness (QED) is 0.714. The van der Waals surface area contributed by atoms with Crippen molar-refractivity contribution in [1.29, 1.82) is 0 Å². The molecule has 1 aliphatic heterocycles. The Kier molecular flexibility index (Phi) is 3.94. The second-order valence-corrected chi connectivity index (χ2v) is 3.97. The third-order valence-corrected chi connectivity index (χ3v) is 2.71. The van der Waals surface area contributed by atoms with Crippen LogP contribution in [0, 0.1) is 0 Å². The summed E-state index contributed by atoms with van der Waals surface area (Å²) in [5, 5.41) is 0. The van der Waals surface area contributed by atoms with Gasteiger partial charge in [-0.2, -0.15) is 0 Å². The van der Waals surface area contributed by atoms with E-state index in [1.165, 1.54) is 0 Å². The van der Waals surface area contributed by atoms with Crippen LogP contribution >= 0.6 is 0 Å². The summed E-state index contributed by atoms with van der Waals surface area (Å²) in [7, 11) is 0. The molecule has 1 heterocycles. The fraction of sp³-hybridized carbons (Fsp3) is 0.462. The van der Waals surface area contributed by atoms with Crippen molar-refractivity contribution >= 4 is 5.97 Å². The first-order valence-electron chi connectivity index (χ1n) is 5.66. The van der Waals surface area contributed by atoms with Crippen LogP contribution in [-0.2, 0) is 20.9 Å². The van der Waals surface area contributed by atoms with Crippen LogP contribution < -0.4 is 0 Å². The molecule has 0 spiro atoms. The van der Waals surface area contributed by atoms with Crippen molar-refractivity contribution in [2.45, 2.75) is 32.0 Å². The van der Waals surface area contributed by atoms with E-state index in [-0.39, 0.29) is 12.1 Å². The number of hydrogen-bond donors (Lipinski definition) is 0. The van der Waals surface area contributed by atoms with E-state index in [9.17, 15) is 4.79 Å². The predicted molar refractivity (Wildman–Crippen MR) is 59.8 cm³/mol. The molecule has 0 unspecified atom stereocenters. The molecule has 0 N–H and O–H groups in total. The van der Waals surface area contributed by atoms with E-state index in [4.69, 9.17) is 9.47 Å². The lowest BCUT2D eigenvalue weighted by molar-refractivity contribution is -0.147. The van der Waals surface area contributed by atoms with Gasteiger partial charge < -0.3 is 9.47 Å². The molecular formula is C13H16O3. The van der Waals surface area contributed by atoms with Crippen molar-refractivity contribution < 1.29 is 14.3 Å². The summed E-state index contributed by atoms with van der Waals surface area (Å²) in [5.74, 6) is -0.139. The van der Waals surface area contributed by atoms with Gasteiger partial charge in [-0.15, -0.1) is 0 Å². The molecule has 1 fully saturated rings. The van der Waals surface area contributed by atoms with E-state index in [0.717, 1.165) is 25.0 Å². The zero-order chi connectivity index (χ0) is 11.2. The molecular weight excluding hydrogens is 204 g/mol. The van der Waals surface area contributed by atoms with Gasteiger partial charge in [0.2, 0.25) is 0 Å². The van der Waals surface area contributed by atoms with Gasteiger partial charge >= 0.3 is 5.97 Å². The summed E-state index contributed by atoms with van der Waals surface area (Å²) in [6, 6.07) is 9.71. The number of carbonyl (C=O) groups is 1. The Hall–Kier alpha value is -1.35. The summed E-state index contributed by atoms with van der Waals surface area (Å²) in [5.41, 5.74) is 1.02. The predicted octanol–water partition coefficient (Wildman–Crippen LogP) is 2.30. The summed E-state index contributed by atoms with van der Waals surface area (Å²) in [6.07, 6.45) is 2.60.